The molecule has 70 valence electrons. The predicted octanol–water partition coefficient (Wildman–Crippen LogP) is 2.74. The lowest BCUT2D eigenvalue weighted by molar-refractivity contribution is 0.108. The minimum absolute atomic E-state index is 0.00996. The molecule has 0 N–H and O–H groups in total. The summed E-state index contributed by atoms with van der Waals surface area (Å²) < 4.78 is 0. The molecule has 1 heterocycles. The minimum atomic E-state index is 0.00996. The van der Waals surface area contributed by atoms with Crippen molar-refractivity contribution in [2.24, 2.45) is 0 Å². The highest BCUT2D eigenvalue weighted by molar-refractivity contribution is 8.13. The molecule has 0 fully saturated rings. The molecule has 2 nitrogen and oxygen atoms in total. The van der Waals surface area contributed by atoms with Crippen LogP contribution in [0.25, 0.3) is 10.9 Å². The molecular weight excluding hydrogens is 194 g/mol. The van der Waals surface area contributed by atoms with Crippen LogP contribution in [-0.2, 0) is 0 Å². The number of hydrogen-bond acceptors (Lipinski definition) is 3. The first kappa shape index (κ1) is 9.21. The number of carbonyl (C=O) groups excluding carboxylic acids is 1. The van der Waals surface area contributed by atoms with E-state index in [2.05, 4.69) is 4.98 Å². The molecule has 0 saturated carbocycles. The third kappa shape index (κ3) is 1.63. The van der Waals surface area contributed by atoms with Gasteiger partial charge in [-0.25, -0.2) is 4.98 Å². The van der Waals surface area contributed by atoms with E-state index in [1.165, 1.54) is 11.8 Å². The third-order valence-corrected chi connectivity index (χ3v) is 2.57. The molecule has 0 amide bonds. The molecule has 0 aliphatic carbocycles. The molecular formula is C11H9NOS. The van der Waals surface area contributed by atoms with Gasteiger partial charge in [0.15, 0.2) is 0 Å². The highest BCUT2D eigenvalue weighted by Crippen LogP contribution is 2.14. The second-order valence-corrected chi connectivity index (χ2v) is 3.66. The van der Waals surface area contributed by atoms with Gasteiger partial charge in [-0.1, -0.05) is 36.0 Å². The zero-order chi connectivity index (χ0) is 9.97. The highest BCUT2D eigenvalue weighted by Gasteiger charge is 2.05. The van der Waals surface area contributed by atoms with E-state index in [0.29, 0.717) is 5.69 Å². The normalized spacial score (nSPS) is 10.4. The van der Waals surface area contributed by atoms with Crippen LogP contribution in [0.2, 0.25) is 0 Å². The number of para-hydroxylation sites is 1. The van der Waals surface area contributed by atoms with Crippen molar-refractivity contribution < 1.29 is 4.79 Å². The lowest BCUT2D eigenvalue weighted by Crippen LogP contribution is -1.96. The zero-order valence-electron chi connectivity index (χ0n) is 7.73. The molecule has 1 aromatic carbocycles. The molecule has 0 spiro atoms. The number of nitrogens with zero attached hydrogens (tertiary/aromatic N) is 1. The average molecular weight is 203 g/mol. The molecule has 0 radical (unpaired) electrons. The van der Waals surface area contributed by atoms with Crippen LogP contribution in [0.5, 0.6) is 0 Å². The maximum Gasteiger partial charge on any atom is 0.237 e. The van der Waals surface area contributed by atoms with E-state index in [0.717, 1.165) is 10.9 Å². The molecule has 3 heteroatoms. The Morgan fingerprint density at radius 2 is 2.00 bits per heavy atom. The Balaban J connectivity index is 2.56. The molecule has 0 bridgehead atoms. The van der Waals surface area contributed by atoms with Gasteiger partial charge in [0.2, 0.25) is 5.12 Å². The summed E-state index contributed by atoms with van der Waals surface area (Å²) >= 11 is 1.19. The standard InChI is InChI=1S/C11H9NOS/c1-14-11(13)10-7-6-8-4-2-3-5-9(8)12-10/h2-7H,1H3. The van der Waals surface area contributed by atoms with Gasteiger partial charge in [-0.3, -0.25) is 4.79 Å². The molecule has 0 unspecified atom stereocenters. The van der Waals surface area contributed by atoms with Crippen molar-refractivity contribution in [1.29, 1.82) is 0 Å². The third-order valence-electron chi connectivity index (χ3n) is 1.99. The molecule has 0 aliphatic rings. The maximum atomic E-state index is 11.4. The monoisotopic (exact) mass is 203 g/mol. The van der Waals surface area contributed by atoms with Gasteiger partial charge in [-0.2, -0.15) is 0 Å². The van der Waals surface area contributed by atoms with E-state index in [1.807, 2.05) is 30.3 Å². The Labute approximate surface area is 86.3 Å². The summed E-state index contributed by atoms with van der Waals surface area (Å²) in [7, 11) is 0. The number of fused-ring (bicyclic) bond motifs is 1. The van der Waals surface area contributed by atoms with Crippen molar-refractivity contribution >= 4 is 27.8 Å². The van der Waals surface area contributed by atoms with Crippen molar-refractivity contribution in [3.05, 3.63) is 42.1 Å². The smallest absolute Gasteiger partial charge is 0.237 e. The first-order chi connectivity index (χ1) is 6.81. The summed E-state index contributed by atoms with van der Waals surface area (Å²) in [6.45, 7) is 0. The number of aromatic nitrogens is 1. The quantitative estimate of drug-likeness (QED) is 0.713. The number of pyridine rings is 1. The summed E-state index contributed by atoms with van der Waals surface area (Å²) in [6.07, 6.45) is 1.76. The van der Waals surface area contributed by atoms with Gasteiger partial charge in [0.05, 0.1) is 5.52 Å². The predicted molar refractivity (Wildman–Crippen MR) is 59.6 cm³/mol. The highest BCUT2D eigenvalue weighted by atomic mass is 32.2. The molecule has 1 aromatic heterocycles. The number of hydrogen-bond donors (Lipinski definition) is 0. The van der Waals surface area contributed by atoms with E-state index in [1.54, 1.807) is 12.3 Å². The van der Waals surface area contributed by atoms with Gasteiger partial charge in [0.25, 0.3) is 0 Å². The van der Waals surface area contributed by atoms with Crippen LogP contribution in [-0.4, -0.2) is 16.4 Å². The van der Waals surface area contributed by atoms with Crippen molar-refractivity contribution in [1.82, 2.24) is 4.98 Å². The molecule has 0 saturated heterocycles. The topological polar surface area (TPSA) is 30.0 Å². The van der Waals surface area contributed by atoms with E-state index in [4.69, 9.17) is 0 Å². The van der Waals surface area contributed by atoms with Crippen LogP contribution in [0.15, 0.2) is 36.4 Å². The molecule has 0 aliphatic heterocycles. The molecule has 14 heavy (non-hydrogen) atoms. The number of rotatable bonds is 1. The van der Waals surface area contributed by atoms with Gasteiger partial charge < -0.3 is 0 Å². The maximum absolute atomic E-state index is 11.4. The van der Waals surface area contributed by atoms with Crippen molar-refractivity contribution in [3.63, 3.8) is 0 Å². The molecule has 2 aromatic rings. The number of benzene rings is 1. The van der Waals surface area contributed by atoms with Gasteiger partial charge >= 0.3 is 0 Å². The Hall–Kier alpha value is -1.35. The fraction of sp³-hybridized carbons (Fsp3) is 0.0909. The first-order valence-corrected chi connectivity index (χ1v) is 5.48. The van der Waals surface area contributed by atoms with Crippen LogP contribution in [0, 0.1) is 0 Å². The Morgan fingerprint density at radius 1 is 1.21 bits per heavy atom. The molecule has 2 rings (SSSR count). The number of carbonyl (C=O) groups is 1. The van der Waals surface area contributed by atoms with Crippen LogP contribution in [0.4, 0.5) is 0 Å². The van der Waals surface area contributed by atoms with E-state index >= 15 is 0 Å². The Bertz CT molecular complexity index is 481. The summed E-state index contributed by atoms with van der Waals surface area (Å²) in [5.74, 6) is 0. The van der Waals surface area contributed by atoms with Gasteiger partial charge in [0, 0.05) is 5.39 Å². The van der Waals surface area contributed by atoms with Gasteiger partial charge in [-0.05, 0) is 18.4 Å². The van der Waals surface area contributed by atoms with Gasteiger partial charge in [-0.15, -0.1) is 0 Å². The second-order valence-electron chi connectivity index (χ2n) is 2.88. The largest absolute Gasteiger partial charge is 0.280 e. The van der Waals surface area contributed by atoms with E-state index < -0.39 is 0 Å². The Morgan fingerprint density at radius 3 is 2.79 bits per heavy atom. The lowest BCUT2D eigenvalue weighted by Gasteiger charge is -1.99. The summed E-state index contributed by atoms with van der Waals surface area (Å²) in [6, 6.07) is 11.5. The number of thioether (sulfide) groups is 1. The Kier molecular flexibility index (Phi) is 2.50. The van der Waals surface area contributed by atoms with Crippen LogP contribution in [0.1, 0.15) is 10.5 Å². The lowest BCUT2D eigenvalue weighted by atomic mass is 10.2. The summed E-state index contributed by atoms with van der Waals surface area (Å²) in [5.41, 5.74) is 1.39. The van der Waals surface area contributed by atoms with E-state index in [9.17, 15) is 4.79 Å². The van der Waals surface area contributed by atoms with Crippen LogP contribution < -0.4 is 0 Å². The van der Waals surface area contributed by atoms with Gasteiger partial charge in [0.1, 0.15) is 5.69 Å². The SMILES string of the molecule is CSC(=O)c1ccc2ccccc2n1. The van der Waals surface area contributed by atoms with Crippen LogP contribution >= 0.6 is 11.8 Å². The van der Waals surface area contributed by atoms with Crippen molar-refractivity contribution in [3.8, 4) is 0 Å². The minimum Gasteiger partial charge on any atom is -0.280 e. The van der Waals surface area contributed by atoms with Crippen molar-refractivity contribution in [2.45, 2.75) is 0 Å². The average Bonchev–Trinajstić information content (AvgIpc) is 2.27. The second kappa shape index (κ2) is 3.80. The van der Waals surface area contributed by atoms with E-state index in [-0.39, 0.29) is 5.12 Å². The summed E-state index contributed by atoms with van der Waals surface area (Å²) in [5, 5.41) is 1.07. The fourth-order valence-electron chi connectivity index (χ4n) is 1.28. The molecule has 0 atom stereocenters. The van der Waals surface area contributed by atoms with Crippen LogP contribution in [0.3, 0.4) is 0 Å². The first-order valence-electron chi connectivity index (χ1n) is 4.25. The summed E-state index contributed by atoms with van der Waals surface area (Å²) in [4.78, 5) is 15.6. The fourth-order valence-corrected chi connectivity index (χ4v) is 1.61. The van der Waals surface area contributed by atoms with Crippen molar-refractivity contribution in [2.75, 3.05) is 6.26 Å². The zero-order valence-corrected chi connectivity index (χ0v) is 8.54.